The normalized spacial score (nSPS) is 14.5. The van der Waals surface area contributed by atoms with Gasteiger partial charge in [-0.3, -0.25) is 24.9 Å². The van der Waals surface area contributed by atoms with E-state index < -0.39 is 0 Å². The third-order valence-corrected chi connectivity index (χ3v) is 3.51. The minimum absolute atomic E-state index is 0.161. The van der Waals surface area contributed by atoms with Crippen LogP contribution in [0.2, 0.25) is 0 Å². The van der Waals surface area contributed by atoms with Crippen LogP contribution in [0.1, 0.15) is 28.9 Å². The second-order valence-corrected chi connectivity index (χ2v) is 5.27. The molecule has 3 N–H and O–H groups in total. The summed E-state index contributed by atoms with van der Waals surface area (Å²) in [4.78, 5) is 31.4. The van der Waals surface area contributed by atoms with Gasteiger partial charge in [-0.05, 0) is 32.0 Å². The Bertz CT molecular complexity index is 497. The van der Waals surface area contributed by atoms with Crippen LogP contribution < -0.4 is 11.3 Å². The average molecular weight is 291 g/mol. The van der Waals surface area contributed by atoms with Crippen molar-refractivity contribution in [3.8, 4) is 0 Å². The van der Waals surface area contributed by atoms with Crippen LogP contribution in [-0.4, -0.2) is 53.3 Å². The number of nitrogens with zero attached hydrogens (tertiary/aromatic N) is 3. The number of rotatable bonds is 5. The van der Waals surface area contributed by atoms with E-state index in [2.05, 4.69) is 10.4 Å². The molecular weight excluding hydrogens is 270 g/mol. The zero-order chi connectivity index (χ0) is 15.2. The van der Waals surface area contributed by atoms with Gasteiger partial charge in [0, 0.05) is 25.8 Å². The van der Waals surface area contributed by atoms with Gasteiger partial charge < -0.3 is 4.90 Å². The number of likely N-dealkylation sites (N-methyl/N-ethyl adjacent to an activating group) is 1. The molecule has 0 aliphatic carbocycles. The van der Waals surface area contributed by atoms with Crippen molar-refractivity contribution in [2.75, 3.05) is 26.7 Å². The Hall–Kier alpha value is -1.99. The van der Waals surface area contributed by atoms with Gasteiger partial charge in [0.2, 0.25) is 5.91 Å². The summed E-state index contributed by atoms with van der Waals surface area (Å²) in [5, 5.41) is 0. The molecule has 1 saturated heterocycles. The van der Waals surface area contributed by atoms with E-state index in [-0.39, 0.29) is 11.8 Å². The van der Waals surface area contributed by atoms with Gasteiger partial charge in [-0.15, -0.1) is 0 Å². The van der Waals surface area contributed by atoms with Crippen molar-refractivity contribution in [1.29, 1.82) is 0 Å². The van der Waals surface area contributed by atoms with Crippen LogP contribution in [0.5, 0.6) is 0 Å². The van der Waals surface area contributed by atoms with Crippen molar-refractivity contribution in [3.63, 3.8) is 0 Å². The minimum Gasteiger partial charge on any atom is -0.342 e. The number of hydrogen-bond donors (Lipinski definition) is 2. The first kappa shape index (κ1) is 15.4. The highest BCUT2D eigenvalue weighted by atomic mass is 16.2. The molecule has 1 fully saturated rings. The Kier molecular flexibility index (Phi) is 5.24. The maximum atomic E-state index is 12.0. The molecule has 0 aromatic carbocycles. The summed E-state index contributed by atoms with van der Waals surface area (Å²) in [5.41, 5.74) is 3.28. The Labute approximate surface area is 124 Å². The molecule has 0 unspecified atom stereocenters. The van der Waals surface area contributed by atoms with Crippen LogP contribution in [0.25, 0.3) is 0 Å². The molecule has 1 aromatic heterocycles. The van der Waals surface area contributed by atoms with E-state index in [1.807, 2.05) is 16.8 Å². The van der Waals surface area contributed by atoms with E-state index >= 15 is 0 Å². The zero-order valence-electron chi connectivity index (χ0n) is 12.2. The van der Waals surface area contributed by atoms with E-state index in [1.165, 1.54) is 6.20 Å². The topological polar surface area (TPSA) is 91.6 Å². The van der Waals surface area contributed by atoms with Crippen LogP contribution in [0, 0.1) is 0 Å². The predicted molar refractivity (Wildman–Crippen MR) is 78.0 cm³/mol. The maximum absolute atomic E-state index is 12.0. The molecule has 0 spiro atoms. The molecule has 0 radical (unpaired) electrons. The Balaban J connectivity index is 1.85. The monoisotopic (exact) mass is 291 g/mol. The molecule has 0 saturated carbocycles. The van der Waals surface area contributed by atoms with Crippen LogP contribution in [0.15, 0.2) is 18.3 Å². The molecule has 1 aliphatic rings. The molecule has 114 valence electrons. The van der Waals surface area contributed by atoms with Gasteiger partial charge in [0.15, 0.2) is 0 Å². The van der Waals surface area contributed by atoms with Crippen LogP contribution >= 0.6 is 0 Å². The second-order valence-electron chi connectivity index (χ2n) is 5.27. The summed E-state index contributed by atoms with van der Waals surface area (Å²) in [6, 6.07) is 3.43. The summed E-state index contributed by atoms with van der Waals surface area (Å²) in [6.07, 6.45) is 3.68. The molecule has 7 nitrogen and oxygen atoms in total. The molecule has 2 amide bonds. The number of likely N-dealkylation sites (tertiary alicyclic amines) is 1. The van der Waals surface area contributed by atoms with Gasteiger partial charge in [-0.1, -0.05) is 0 Å². The first-order chi connectivity index (χ1) is 10.1. The van der Waals surface area contributed by atoms with Crippen molar-refractivity contribution >= 4 is 11.8 Å². The third kappa shape index (κ3) is 4.24. The standard InChI is InChI=1S/C14H21N5O2/c1-18(10-13(20)19-6-2-3-7-19)9-12-5-4-11(8-16-12)14(21)17-15/h4-5,8H,2-3,6-7,9-10,15H2,1H3,(H,17,21). The fourth-order valence-corrected chi connectivity index (χ4v) is 2.37. The minimum atomic E-state index is -0.369. The first-order valence-corrected chi connectivity index (χ1v) is 7.02. The van der Waals surface area contributed by atoms with Crippen molar-refractivity contribution in [2.24, 2.45) is 5.84 Å². The molecule has 21 heavy (non-hydrogen) atoms. The number of hydrogen-bond acceptors (Lipinski definition) is 5. The van der Waals surface area contributed by atoms with Gasteiger partial charge in [-0.2, -0.15) is 0 Å². The van der Waals surface area contributed by atoms with E-state index in [4.69, 9.17) is 5.84 Å². The molecule has 2 heterocycles. The lowest BCUT2D eigenvalue weighted by molar-refractivity contribution is -0.131. The smallest absolute Gasteiger partial charge is 0.266 e. The van der Waals surface area contributed by atoms with Crippen molar-refractivity contribution in [2.45, 2.75) is 19.4 Å². The third-order valence-electron chi connectivity index (χ3n) is 3.51. The number of aromatic nitrogens is 1. The fraction of sp³-hybridized carbons (Fsp3) is 0.500. The zero-order valence-corrected chi connectivity index (χ0v) is 12.2. The van der Waals surface area contributed by atoms with Gasteiger partial charge in [0.1, 0.15) is 0 Å². The number of nitrogens with two attached hydrogens (primary N) is 1. The molecule has 1 aromatic rings. The van der Waals surface area contributed by atoms with E-state index in [0.717, 1.165) is 31.6 Å². The number of amides is 2. The highest BCUT2D eigenvalue weighted by molar-refractivity contribution is 5.93. The number of carbonyl (C=O) groups is 2. The molecule has 2 rings (SSSR count). The molecular formula is C14H21N5O2. The van der Waals surface area contributed by atoms with Crippen LogP contribution in [0.3, 0.4) is 0 Å². The Morgan fingerprint density at radius 1 is 1.38 bits per heavy atom. The Morgan fingerprint density at radius 3 is 2.67 bits per heavy atom. The quantitative estimate of drug-likeness (QED) is 0.443. The van der Waals surface area contributed by atoms with E-state index in [1.54, 1.807) is 12.1 Å². The first-order valence-electron chi connectivity index (χ1n) is 7.02. The highest BCUT2D eigenvalue weighted by Crippen LogP contribution is 2.09. The van der Waals surface area contributed by atoms with Crippen LogP contribution in [-0.2, 0) is 11.3 Å². The number of hydrazine groups is 1. The average Bonchev–Trinajstić information content (AvgIpc) is 3.01. The molecule has 0 atom stereocenters. The fourth-order valence-electron chi connectivity index (χ4n) is 2.37. The van der Waals surface area contributed by atoms with Crippen molar-refractivity contribution in [3.05, 3.63) is 29.6 Å². The molecule has 1 aliphatic heterocycles. The number of pyridine rings is 1. The number of nitrogens with one attached hydrogen (secondary N) is 1. The largest absolute Gasteiger partial charge is 0.342 e. The van der Waals surface area contributed by atoms with Gasteiger partial charge >= 0.3 is 0 Å². The van der Waals surface area contributed by atoms with Gasteiger partial charge in [0.25, 0.3) is 5.91 Å². The van der Waals surface area contributed by atoms with Gasteiger partial charge in [-0.25, -0.2) is 5.84 Å². The summed E-state index contributed by atoms with van der Waals surface area (Å²) in [6.45, 7) is 2.68. The second kappa shape index (κ2) is 7.14. The predicted octanol–water partition coefficient (Wildman–Crippen LogP) is -0.261. The van der Waals surface area contributed by atoms with E-state index in [9.17, 15) is 9.59 Å². The maximum Gasteiger partial charge on any atom is 0.266 e. The lowest BCUT2D eigenvalue weighted by atomic mass is 10.2. The van der Waals surface area contributed by atoms with Gasteiger partial charge in [0.05, 0.1) is 17.8 Å². The van der Waals surface area contributed by atoms with Crippen molar-refractivity contribution < 1.29 is 9.59 Å². The van der Waals surface area contributed by atoms with E-state index in [0.29, 0.717) is 18.7 Å². The molecule has 7 heteroatoms. The lowest BCUT2D eigenvalue weighted by Gasteiger charge is -2.20. The lowest BCUT2D eigenvalue weighted by Crippen LogP contribution is -2.37. The number of nitrogen functional groups attached to an aromatic ring is 1. The molecule has 0 bridgehead atoms. The van der Waals surface area contributed by atoms with Crippen LogP contribution in [0.4, 0.5) is 0 Å². The van der Waals surface area contributed by atoms with Crippen molar-refractivity contribution in [1.82, 2.24) is 20.2 Å². The Morgan fingerprint density at radius 2 is 2.10 bits per heavy atom. The highest BCUT2D eigenvalue weighted by Gasteiger charge is 2.19. The summed E-state index contributed by atoms with van der Waals surface area (Å²) in [7, 11) is 1.89. The summed E-state index contributed by atoms with van der Waals surface area (Å²) >= 11 is 0. The summed E-state index contributed by atoms with van der Waals surface area (Å²) < 4.78 is 0. The summed E-state index contributed by atoms with van der Waals surface area (Å²) in [5.74, 6) is 4.85. The SMILES string of the molecule is CN(CC(=O)N1CCCC1)Cc1ccc(C(=O)NN)cn1. The number of carbonyl (C=O) groups excluding carboxylic acids is 2.